The fraction of sp³-hybridized carbons (Fsp3) is 0.667. The van der Waals surface area contributed by atoms with Crippen molar-refractivity contribution in [1.29, 1.82) is 0 Å². The lowest BCUT2D eigenvalue weighted by Gasteiger charge is -2.24. The van der Waals surface area contributed by atoms with Gasteiger partial charge in [-0.3, -0.25) is 9.59 Å². The Labute approximate surface area is 119 Å². The summed E-state index contributed by atoms with van der Waals surface area (Å²) in [7, 11) is 0. The highest BCUT2D eigenvalue weighted by Crippen LogP contribution is 2.31. The van der Waals surface area contributed by atoms with Crippen LogP contribution in [0.2, 0.25) is 0 Å². The third kappa shape index (κ3) is 3.46. The molecule has 0 spiro atoms. The zero-order chi connectivity index (χ0) is 14.7. The van der Waals surface area contributed by atoms with Crippen LogP contribution in [0.4, 0.5) is 0 Å². The highest BCUT2D eigenvalue weighted by molar-refractivity contribution is 5.78. The van der Waals surface area contributed by atoms with Crippen molar-refractivity contribution < 1.29 is 9.59 Å². The van der Waals surface area contributed by atoms with Gasteiger partial charge >= 0.3 is 0 Å². The van der Waals surface area contributed by atoms with E-state index in [9.17, 15) is 9.59 Å². The Balaban J connectivity index is 2.08. The Hall–Kier alpha value is -1.65. The summed E-state index contributed by atoms with van der Waals surface area (Å²) in [6.45, 7) is 6.48. The summed E-state index contributed by atoms with van der Waals surface area (Å²) in [4.78, 5) is 32.9. The third-order valence-electron chi connectivity index (χ3n) is 3.56. The van der Waals surface area contributed by atoms with E-state index in [0.717, 1.165) is 30.9 Å². The lowest BCUT2D eigenvalue weighted by molar-refractivity contribution is -0.133. The van der Waals surface area contributed by atoms with Gasteiger partial charge in [0, 0.05) is 31.3 Å². The van der Waals surface area contributed by atoms with E-state index in [-0.39, 0.29) is 17.7 Å². The van der Waals surface area contributed by atoms with Crippen molar-refractivity contribution in [1.82, 2.24) is 14.9 Å². The molecule has 0 aliphatic carbocycles. The van der Waals surface area contributed by atoms with E-state index >= 15 is 0 Å². The molecule has 5 nitrogen and oxygen atoms in total. The van der Waals surface area contributed by atoms with Crippen LogP contribution >= 0.6 is 0 Å². The number of ketones is 1. The number of Topliss-reactive ketones (excluding diaryl/α,β-unsaturated/α-hetero) is 1. The van der Waals surface area contributed by atoms with Gasteiger partial charge in [-0.1, -0.05) is 13.8 Å². The van der Waals surface area contributed by atoms with Gasteiger partial charge in [-0.2, -0.15) is 0 Å². The average Bonchev–Trinajstić information content (AvgIpc) is 2.94. The van der Waals surface area contributed by atoms with E-state index in [2.05, 4.69) is 23.8 Å². The van der Waals surface area contributed by atoms with Crippen molar-refractivity contribution >= 4 is 11.7 Å². The average molecular weight is 277 g/mol. The lowest BCUT2D eigenvalue weighted by atomic mass is 10.1. The van der Waals surface area contributed by atoms with Crippen LogP contribution in [0.1, 0.15) is 57.6 Å². The standard InChI is InChI=1S/C15H23N3O2/c1-10(2)7-14(20)18-6-4-5-13(18)15-16-9-12(17-15)8-11(3)19/h9-10,13H,4-8H2,1-3H3,(H,16,17)/t13-/m1/s1. The summed E-state index contributed by atoms with van der Waals surface area (Å²) in [5.41, 5.74) is 0.829. The number of nitrogens with one attached hydrogen (secondary N) is 1. The quantitative estimate of drug-likeness (QED) is 0.897. The lowest BCUT2D eigenvalue weighted by Crippen LogP contribution is -2.31. The van der Waals surface area contributed by atoms with E-state index in [1.165, 1.54) is 0 Å². The van der Waals surface area contributed by atoms with Crippen LogP contribution in [0.25, 0.3) is 0 Å². The first-order valence-electron chi connectivity index (χ1n) is 7.30. The highest BCUT2D eigenvalue weighted by Gasteiger charge is 2.31. The van der Waals surface area contributed by atoms with Crippen molar-refractivity contribution in [2.24, 2.45) is 5.92 Å². The van der Waals surface area contributed by atoms with Gasteiger partial charge in [0.2, 0.25) is 5.91 Å². The molecular weight excluding hydrogens is 254 g/mol. The number of imidazole rings is 1. The van der Waals surface area contributed by atoms with Crippen molar-refractivity contribution in [3.63, 3.8) is 0 Å². The second kappa shape index (κ2) is 6.20. The Morgan fingerprint density at radius 2 is 2.25 bits per heavy atom. The highest BCUT2D eigenvalue weighted by atomic mass is 16.2. The van der Waals surface area contributed by atoms with Crippen LogP contribution in [-0.2, 0) is 16.0 Å². The molecule has 0 unspecified atom stereocenters. The van der Waals surface area contributed by atoms with Gasteiger partial charge in [-0.15, -0.1) is 0 Å². The van der Waals surface area contributed by atoms with Crippen molar-refractivity contribution in [2.75, 3.05) is 6.54 Å². The number of hydrogen-bond acceptors (Lipinski definition) is 3. The van der Waals surface area contributed by atoms with Crippen LogP contribution in [0.3, 0.4) is 0 Å². The first kappa shape index (κ1) is 14.8. The van der Waals surface area contributed by atoms with Crippen molar-refractivity contribution in [2.45, 2.75) is 52.5 Å². The maximum absolute atomic E-state index is 12.3. The Bertz CT molecular complexity index is 493. The first-order chi connectivity index (χ1) is 9.47. The second-order valence-electron chi connectivity index (χ2n) is 6.02. The van der Waals surface area contributed by atoms with Gasteiger partial charge in [0.1, 0.15) is 11.6 Å². The van der Waals surface area contributed by atoms with Gasteiger partial charge in [0.25, 0.3) is 0 Å². The molecule has 1 N–H and O–H groups in total. The minimum Gasteiger partial charge on any atom is -0.344 e. The summed E-state index contributed by atoms with van der Waals surface area (Å²) >= 11 is 0. The predicted molar refractivity (Wildman–Crippen MR) is 76.1 cm³/mol. The Morgan fingerprint density at radius 3 is 2.90 bits per heavy atom. The molecule has 1 aliphatic heterocycles. The van der Waals surface area contributed by atoms with Crippen molar-refractivity contribution in [3.8, 4) is 0 Å². The number of carbonyl (C=O) groups is 2. The Morgan fingerprint density at radius 1 is 1.50 bits per heavy atom. The minimum atomic E-state index is 0.0435. The van der Waals surface area contributed by atoms with Gasteiger partial charge in [0.15, 0.2) is 0 Å². The summed E-state index contributed by atoms with van der Waals surface area (Å²) in [6, 6.07) is 0.0435. The molecule has 1 saturated heterocycles. The molecule has 0 bridgehead atoms. The molecule has 1 aliphatic rings. The van der Waals surface area contributed by atoms with E-state index in [0.29, 0.717) is 18.8 Å². The molecule has 0 aromatic carbocycles. The maximum Gasteiger partial charge on any atom is 0.223 e. The molecule has 2 rings (SSSR count). The summed E-state index contributed by atoms with van der Waals surface area (Å²) < 4.78 is 0. The molecule has 5 heteroatoms. The smallest absolute Gasteiger partial charge is 0.223 e. The van der Waals surface area contributed by atoms with Crippen LogP contribution in [0, 0.1) is 5.92 Å². The monoisotopic (exact) mass is 277 g/mol. The molecule has 1 aromatic rings. The molecule has 1 aromatic heterocycles. The molecule has 20 heavy (non-hydrogen) atoms. The molecule has 1 fully saturated rings. The van der Waals surface area contributed by atoms with Crippen LogP contribution < -0.4 is 0 Å². The zero-order valence-corrected chi connectivity index (χ0v) is 12.5. The fourth-order valence-corrected chi connectivity index (χ4v) is 2.72. The first-order valence-corrected chi connectivity index (χ1v) is 7.30. The summed E-state index contributed by atoms with van der Waals surface area (Å²) in [5.74, 6) is 1.50. The van der Waals surface area contributed by atoms with Gasteiger partial charge < -0.3 is 9.88 Å². The van der Waals surface area contributed by atoms with Crippen molar-refractivity contribution in [3.05, 3.63) is 17.7 Å². The number of amides is 1. The molecule has 0 radical (unpaired) electrons. The number of likely N-dealkylation sites (tertiary alicyclic amines) is 1. The fourth-order valence-electron chi connectivity index (χ4n) is 2.72. The van der Waals surface area contributed by atoms with Crippen LogP contribution in [-0.4, -0.2) is 33.1 Å². The number of carbonyl (C=O) groups excluding carboxylic acids is 2. The summed E-state index contributed by atoms with van der Waals surface area (Å²) in [6.07, 6.45) is 4.62. The van der Waals surface area contributed by atoms with E-state index < -0.39 is 0 Å². The number of aromatic nitrogens is 2. The number of nitrogens with zero attached hydrogens (tertiary/aromatic N) is 2. The molecule has 1 atom stereocenters. The number of hydrogen-bond donors (Lipinski definition) is 1. The molecular formula is C15H23N3O2. The summed E-state index contributed by atoms with van der Waals surface area (Å²) in [5, 5.41) is 0. The SMILES string of the molecule is CC(=O)Cc1cnc([C@H]2CCCN2C(=O)CC(C)C)[nH]1. The maximum atomic E-state index is 12.3. The number of aromatic amines is 1. The topological polar surface area (TPSA) is 66.1 Å². The predicted octanol–water partition coefficient (Wildman–Crippen LogP) is 2.25. The van der Waals surface area contributed by atoms with E-state index in [4.69, 9.17) is 0 Å². The van der Waals surface area contributed by atoms with Gasteiger partial charge in [0.05, 0.1) is 6.04 Å². The molecule has 0 saturated carbocycles. The zero-order valence-electron chi connectivity index (χ0n) is 12.5. The van der Waals surface area contributed by atoms with Gasteiger partial charge in [-0.05, 0) is 25.7 Å². The van der Waals surface area contributed by atoms with Gasteiger partial charge in [-0.25, -0.2) is 4.98 Å². The minimum absolute atomic E-state index is 0.0435. The van der Waals surface area contributed by atoms with Crippen LogP contribution in [0.15, 0.2) is 6.20 Å². The largest absolute Gasteiger partial charge is 0.344 e. The molecule has 2 heterocycles. The molecule has 1 amide bonds. The normalized spacial score (nSPS) is 18.8. The third-order valence-corrected chi connectivity index (χ3v) is 3.56. The van der Waals surface area contributed by atoms with Crippen LogP contribution in [0.5, 0.6) is 0 Å². The Kier molecular flexibility index (Phi) is 4.57. The van der Waals surface area contributed by atoms with E-state index in [1.807, 2.05) is 4.90 Å². The number of rotatable bonds is 5. The van der Waals surface area contributed by atoms with E-state index in [1.54, 1.807) is 13.1 Å². The second-order valence-corrected chi connectivity index (χ2v) is 6.02. The molecule has 110 valence electrons. The number of H-pyrrole nitrogens is 1.